The van der Waals surface area contributed by atoms with Crippen LogP contribution in [0.1, 0.15) is 28.8 Å². The summed E-state index contributed by atoms with van der Waals surface area (Å²) in [6, 6.07) is 12.7. The van der Waals surface area contributed by atoms with E-state index in [0.29, 0.717) is 12.4 Å². The largest absolute Gasteiger partial charge is 0.323 e. The minimum Gasteiger partial charge on any atom is -0.323 e. The van der Waals surface area contributed by atoms with Crippen LogP contribution in [0, 0.1) is 27.7 Å². The molecule has 1 amide bonds. The number of rotatable bonds is 5. The van der Waals surface area contributed by atoms with E-state index in [4.69, 9.17) is 0 Å². The second-order valence-electron chi connectivity index (χ2n) is 7.92. The van der Waals surface area contributed by atoms with Crippen LogP contribution in [0.3, 0.4) is 0 Å². The fourth-order valence-corrected chi connectivity index (χ4v) is 4.47. The Bertz CT molecular complexity index is 1080. The highest BCUT2D eigenvalue weighted by atomic mass is 32.2. The molecule has 7 heteroatoms. The zero-order chi connectivity index (χ0) is 21.3. The number of aryl methyl sites for hydroxylation is 4. The van der Waals surface area contributed by atoms with Crippen LogP contribution >= 0.6 is 11.8 Å². The highest BCUT2D eigenvalue weighted by molar-refractivity contribution is 7.99. The fourth-order valence-electron chi connectivity index (χ4n) is 3.53. The first-order valence-corrected chi connectivity index (χ1v) is 11.1. The molecule has 0 radical (unpaired) electrons. The number of anilines is 1. The van der Waals surface area contributed by atoms with E-state index >= 15 is 0 Å². The molecule has 2 atom stereocenters. The minimum atomic E-state index is -0.404. The van der Waals surface area contributed by atoms with Crippen molar-refractivity contribution in [1.29, 1.82) is 0 Å². The second kappa shape index (κ2) is 8.62. The van der Waals surface area contributed by atoms with Crippen LogP contribution in [0.5, 0.6) is 0 Å². The number of hydrogen-bond acceptors (Lipinski definition) is 6. The lowest BCUT2D eigenvalue weighted by Crippen LogP contribution is -2.60. The summed E-state index contributed by atoms with van der Waals surface area (Å²) in [7, 11) is 0. The summed E-state index contributed by atoms with van der Waals surface area (Å²) in [4.78, 5) is 22.7. The predicted octanol–water partition coefficient (Wildman–Crippen LogP) is 3.83. The maximum absolute atomic E-state index is 12.3. The Morgan fingerprint density at radius 1 is 1.07 bits per heavy atom. The molecule has 156 valence electrons. The highest BCUT2D eigenvalue weighted by Crippen LogP contribution is 2.23. The number of thioether (sulfide) groups is 1. The first-order valence-electron chi connectivity index (χ1n) is 10.1. The molecule has 3 N–H and O–H groups in total. The zero-order valence-corrected chi connectivity index (χ0v) is 18.6. The number of nitrogens with zero attached hydrogens (tertiary/aromatic N) is 2. The summed E-state index contributed by atoms with van der Waals surface area (Å²) in [5.74, 6) is 1.34. The van der Waals surface area contributed by atoms with Crippen LogP contribution in [0.2, 0.25) is 0 Å². The highest BCUT2D eigenvalue weighted by Gasteiger charge is 2.26. The summed E-state index contributed by atoms with van der Waals surface area (Å²) in [6.45, 7) is 8.24. The maximum atomic E-state index is 12.3. The molecule has 2 aromatic carbocycles. The summed E-state index contributed by atoms with van der Waals surface area (Å²) < 4.78 is 0. The third-order valence-electron chi connectivity index (χ3n) is 5.39. The predicted molar refractivity (Wildman–Crippen MR) is 123 cm³/mol. The minimum absolute atomic E-state index is 0.0183. The number of benzene rings is 2. The average molecular weight is 422 g/mol. The lowest BCUT2D eigenvalue weighted by molar-refractivity contribution is -0.123. The maximum Gasteiger partial charge on any atom is 0.226 e. The van der Waals surface area contributed by atoms with E-state index in [1.807, 2.05) is 6.92 Å². The molecule has 2 heterocycles. The summed E-state index contributed by atoms with van der Waals surface area (Å²) in [5, 5.41) is 10.7. The van der Waals surface area contributed by atoms with Crippen molar-refractivity contribution in [1.82, 2.24) is 20.6 Å². The van der Waals surface area contributed by atoms with Crippen molar-refractivity contribution in [3.05, 3.63) is 58.8 Å². The van der Waals surface area contributed by atoms with E-state index < -0.39 is 6.29 Å². The van der Waals surface area contributed by atoms with Gasteiger partial charge in [-0.15, -0.1) is 11.8 Å². The van der Waals surface area contributed by atoms with E-state index in [0.717, 1.165) is 22.3 Å². The Morgan fingerprint density at radius 3 is 2.57 bits per heavy atom. The Morgan fingerprint density at radius 2 is 1.80 bits per heavy atom. The first kappa shape index (κ1) is 20.6. The lowest BCUT2D eigenvalue weighted by atomic mass is 10.1. The van der Waals surface area contributed by atoms with Gasteiger partial charge in [-0.25, -0.2) is 9.97 Å². The summed E-state index contributed by atoms with van der Waals surface area (Å²) in [6.07, 6.45) is 0.0471. The van der Waals surface area contributed by atoms with Crippen molar-refractivity contribution in [3.8, 4) is 0 Å². The molecule has 2 unspecified atom stereocenters. The van der Waals surface area contributed by atoms with Gasteiger partial charge in [-0.1, -0.05) is 17.7 Å². The number of nitrogens with one attached hydrogen (secondary N) is 3. The van der Waals surface area contributed by atoms with Crippen LogP contribution in [-0.4, -0.2) is 34.0 Å². The van der Waals surface area contributed by atoms with Gasteiger partial charge >= 0.3 is 0 Å². The quantitative estimate of drug-likeness (QED) is 0.544. The van der Waals surface area contributed by atoms with Crippen LogP contribution in [-0.2, 0) is 4.79 Å². The topological polar surface area (TPSA) is 78.9 Å². The lowest BCUT2D eigenvalue weighted by Gasteiger charge is -2.32. The molecule has 1 aromatic heterocycles. The Kier molecular flexibility index (Phi) is 5.92. The van der Waals surface area contributed by atoms with Crippen LogP contribution in [0.15, 0.2) is 41.3 Å². The molecule has 30 heavy (non-hydrogen) atoms. The van der Waals surface area contributed by atoms with Gasteiger partial charge in [0, 0.05) is 28.5 Å². The standard InChI is InChI=1S/C23H27N5OS/c1-13-5-7-18(8-6-13)30-12-17-11-21(29)27-23(25-17)28-22-24-16(4)19-9-14(2)15(3)10-20(19)26-22/h5-10,17,23,25H,11-12H2,1-4H3,(H,27,29)(H,24,26,28). The summed E-state index contributed by atoms with van der Waals surface area (Å²) in [5.41, 5.74) is 5.49. The second-order valence-corrected chi connectivity index (χ2v) is 9.02. The first-order chi connectivity index (χ1) is 14.4. The SMILES string of the molecule is Cc1ccc(SCC2CC(=O)NC(Nc3nc(C)c4cc(C)c(C)cc4n3)N2)cc1. The van der Waals surface area contributed by atoms with Crippen LogP contribution in [0.4, 0.5) is 5.95 Å². The van der Waals surface area contributed by atoms with Gasteiger partial charge in [0.2, 0.25) is 11.9 Å². The van der Waals surface area contributed by atoms with Crippen molar-refractivity contribution >= 4 is 34.5 Å². The molecule has 6 nitrogen and oxygen atoms in total. The number of hydrogen-bond donors (Lipinski definition) is 3. The normalized spacial score (nSPS) is 19.0. The number of carbonyl (C=O) groups is 1. The van der Waals surface area contributed by atoms with Gasteiger partial charge in [0.15, 0.2) is 6.29 Å². The number of fused-ring (bicyclic) bond motifs is 1. The molecule has 0 saturated carbocycles. The van der Waals surface area contributed by atoms with Gasteiger partial charge in [-0.3, -0.25) is 10.1 Å². The van der Waals surface area contributed by atoms with E-state index in [2.05, 4.69) is 83.1 Å². The van der Waals surface area contributed by atoms with E-state index in [-0.39, 0.29) is 11.9 Å². The van der Waals surface area contributed by atoms with Gasteiger partial charge in [-0.2, -0.15) is 0 Å². The molecular formula is C23H27N5OS. The van der Waals surface area contributed by atoms with Crippen molar-refractivity contribution in [2.45, 2.75) is 51.3 Å². The molecule has 0 aliphatic carbocycles. The third kappa shape index (κ3) is 4.74. The average Bonchev–Trinajstić information content (AvgIpc) is 2.69. The number of carbonyl (C=O) groups excluding carboxylic acids is 1. The molecule has 1 fully saturated rings. The number of aromatic nitrogens is 2. The van der Waals surface area contributed by atoms with Gasteiger partial charge < -0.3 is 10.6 Å². The third-order valence-corrected chi connectivity index (χ3v) is 6.56. The smallest absolute Gasteiger partial charge is 0.226 e. The van der Waals surface area contributed by atoms with E-state index in [9.17, 15) is 4.79 Å². The molecule has 3 aromatic rings. The molecule has 0 spiro atoms. The Hall–Kier alpha value is -2.64. The van der Waals surface area contributed by atoms with Gasteiger partial charge in [0.05, 0.1) is 11.2 Å². The van der Waals surface area contributed by atoms with Gasteiger partial charge in [-0.05, 0) is 63.1 Å². The number of amides is 1. The van der Waals surface area contributed by atoms with Crippen molar-refractivity contribution in [2.24, 2.45) is 0 Å². The van der Waals surface area contributed by atoms with Gasteiger partial charge in [0.1, 0.15) is 0 Å². The van der Waals surface area contributed by atoms with E-state index in [1.165, 1.54) is 21.6 Å². The van der Waals surface area contributed by atoms with Gasteiger partial charge in [0.25, 0.3) is 0 Å². The Balaban J connectivity index is 1.45. The molecular weight excluding hydrogens is 394 g/mol. The molecule has 0 bridgehead atoms. The molecule has 1 saturated heterocycles. The molecule has 1 aliphatic rings. The zero-order valence-electron chi connectivity index (χ0n) is 17.7. The van der Waals surface area contributed by atoms with Crippen LogP contribution < -0.4 is 16.0 Å². The fraction of sp³-hybridized carbons (Fsp3) is 0.348. The molecule has 1 aliphatic heterocycles. The van der Waals surface area contributed by atoms with E-state index in [1.54, 1.807) is 11.8 Å². The summed E-state index contributed by atoms with van der Waals surface area (Å²) >= 11 is 1.75. The molecule has 4 rings (SSSR count). The Labute approximate surface area is 181 Å². The van der Waals surface area contributed by atoms with Crippen molar-refractivity contribution < 1.29 is 4.79 Å². The van der Waals surface area contributed by atoms with Crippen molar-refractivity contribution in [2.75, 3.05) is 11.1 Å². The van der Waals surface area contributed by atoms with Crippen LogP contribution in [0.25, 0.3) is 10.9 Å². The monoisotopic (exact) mass is 421 g/mol. The van der Waals surface area contributed by atoms with Crippen molar-refractivity contribution in [3.63, 3.8) is 0 Å².